The van der Waals surface area contributed by atoms with Crippen molar-refractivity contribution < 1.29 is 29.3 Å². The lowest BCUT2D eigenvalue weighted by molar-refractivity contribution is -0.148. The predicted molar refractivity (Wildman–Crippen MR) is 134 cm³/mol. The monoisotopic (exact) mass is 510 g/mol. The third-order valence-electron chi connectivity index (χ3n) is 5.75. The number of hydrogen-bond acceptors (Lipinski definition) is 4. The van der Waals surface area contributed by atoms with Gasteiger partial charge in [-0.2, -0.15) is 0 Å². The number of hydrogen-bond donors (Lipinski definition) is 2. The summed E-state index contributed by atoms with van der Waals surface area (Å²) in [6.07, 6.45) is 2.14. The van der Waals surface area contributed by atoms with Crippen LogP contribution in [0.3, 0.4) is 0 Å². The van der Waals surface area contributed by atoms with E-state index in [0.717, 1.165) is 11.1 Å². The number of rotatable bonds is 13. The van der Waals surface area contributed by atoms with Crippen LogP contribution in [0.4, 0.5) is 0 Å². The van der Waals surface area contributed by atoms with E-state index in [1.807, 2.05) is 6.07 Å². The molecule has 2 N–H and O–H groups in total. The Hall–Kier alpha value is -2.44. The first-order valence-corrected chi connectivity index (χ1v) is 11.9. The van der Waals surface area contributed by atoms with E-state index >= 15 is 0 Å². The van der Waals surface area contributed by atoms with Crippen molar-refractivity contribution in [1.82, 2.24) is 0 Å². The Balaban J connectivity index is 2.15. The Kier molecular flexibility index (Phi) is 9.65. The fourth-order valence-corrected chi connectivity index (χ4v) is 3.77. The summed E-state index contributed by atoms with van der Waals surface area (Å²) < 4.78 is 11.9. The van der Waals surface area contributed by atoms with Gasteiger partial charge in [0, 0.05) is 16.1 Å². The SMILES string of the molecule is CC(C)(CCCOc1ccc(OCCCC(C)(C)C(=O)O)c(-c2ccc(Cl)cc2Cl)c1)C(=O)O. The second-order valence-electron chi connectivity index (χ2n) is 9.56. The first-order valence-electron chi connectivity index (χ1n) is 11.2. The lowest BCUT2D eigenvalue weighted by atomic mass is 9.88. The van der Waals surface area contributed by atoms with E-state index in [4.69, 9.17) is 32.7 Å². The zero-order valence-electron chi connectivity index (χ0n) is 20.0. The smallest absolute Gasteiger partial charge is 0.309 e. The van der Waals surface area contributed by atoms with Crippen molar-refractivity contribution in [2.75, 3.05) is 13.2 Å². The molecule has 0 aliphatic heterocycles. The molecule has 0 aliphatic rings. The Morgan fingerprint density at radius 2 is 1.35 bits per heavy atom. The fraction of sp³-hybridized carbons (Fsp3) is 0.462. The zero-order chi connectivity index (χ0) is 25.5. The van der Waals surface area contributed by atoms with Crippen molar-refractivity contribution in [3.63, 3.8) is 0 Å². The average Bonchev–Trinajstić information content (AvgIpc) is 2.74. The van der Waals surface area contributed by atoms with Gasteiger partial charge in [-0.3, -0.25) is 9.59 Å². The van der Waals surface area contributed by atoms with Gasteiger partial charge in [-0.1, -0.05) is 29.3 Å². The van der Waals surface area contributed by atoms with E-state index in [1.165, 1.54) is 0 Å². The number of carboxylic acids is 2. The molecule has 0 heterocycles. The van der Waals surface area contributed by atoms with Gasteiger partial charge in [-0.05, 0) is 83.7 Å². The van der Waals surface area contributed by atoms with Crippen molar-refractivity contribution >= 4 is 35.1 Å². The van der Waals surface area contributed by atoms with Crippen molar-refractivity contribution in [3.8, 4) is 22.6 Å². The maximum Gasteiger partial charge on any atom is 0.309 e. The van der Waals surface area contributed by atoms with Crippen LogP contribution in [0.5, 0.6) is 11.5 Å². The third-order valence-corrected chi connectivity index (χ3v) is 6.30. The molecule has 2 aromatic rings. The van der Waals surface area contributed by atoms with E-state index in [-0.39, 0.29) is 0 Å². The molecule has 0 atom stereocenters. The van der Waals surface area contributed by atoms with Crippen LogP contribution in [0, 0.1) is 10.8 Å². The van der Waals surface area contributed by atoms with Crippen LogP contribution < -0.4 is 9.47 Å². The second-order valence-corrected chi connectivity index (χ2v) is 10.4. The molecule has 2 aromatic carbocycles. The minimum absolute atomic E-state index is 0.347. The summed E-state index contributed by atoms with van der Waals surface area (Å²) in [5.41, 5.74) is -0.177. The molecule has 0 spiro atoms. The molecule has 0 aromatic heterocycles. The lowest BCUT2D eigenvalue weighted by Crippen LogP contribution is -2.24. The Bertz CT molecular complexity index is 1020. The minimum atomic E-state index is -0.839. The summed E-state index contributed by atoms with van der Waals surface area (Å²) in [5, 5.41) is 19.5. The van der Waals surface area contributed by atoms with Crippen LogP contribution in [0.2, 0.25) is 10.0 Å². The lowest BCUT2D eigenvalue weighted by Gasteiger charge is -2.20. The molecule has 8 heteroatoms. The number of carbonyl (C=O) groups is 2. The van der Waals surface area contributed by atoms with Crippen LogP contribution in [0.25, 0.3) is 11.1 Å². The van der Waals surface area contributed by atoms with Crippen LogP contribution in [-0.4, -0.2) is 35.4 Å². The van der Waals surface area contributed by atoms with E-state index < -0.39 is 22.8 Å². The quantitative estimate of drug-likeness (QED) is 0.276. The number of halogens is 2. The molecule has 0 amide bonds. The van der Waals surface area contributed by atoms with Gasteiger partial charge in [0.1, 0.15) is 11.5 Å². The molecule has 186 valence electrons. The highest BCUT2D eigenvalue weighted by Gasteiger charge is 2.27. The summed E-state index contributed by atoms with van der Waals surface area (Å²) in [7, 11) is 0. The molecule has 0 radical (unpaired) electrons. The number of carboxylic acid groups (broad SMARTS) is 2. The van der Waals surface area contributed by atoms with E-state index in [0.29, 0.717) is 60.4 Å². The molecule has 0 saturated carbocycles. The predicted octanol–water partition coefficient (Wildman–Crippen LogP) is 7.20. The van der Waals surface area contributed by atoms with Crippen LogP contribution in [0.1, 0.15) is 53.4 Å². The topological polar surface area (TPSA) is 93.1 Å². The van der Waals surface area contributed by atoms with Gasteiger partial charge in [0.05, 0.1) is 29.1 Å². The van der Waals surface area contributed by atoms with Gasteiger partial charge in [0.15, 0.2) is 0 Å². The summed E-state index contributed by atoms with van der Waals surface area (Å²) in [6.45, 7) is 7.49. The summed E-state index contributed by atoms with van der Waals surface area (Å²) in [4.78, 5) is 22.6. The maximum absolute atomic E-state index is 11.3. The number of aliphatic carboxylic acids is 2. The van der Waals surface area contributed by atoms with E-state index in [1.54, 1.807) is 58.0 Å². The molecule has 2 rings (SSSR count). The van der Waals surface area contributed by atoms with Crippen molar-refractivity contribution in [2.45, 2.75) is 53.4 Å². The Morgan fingerprint density at radius 1 is 0.794 bits per heavy atom. The van der Waals surface area contributed by atoms with E-state index in [2.05, 4.69) is 0 Å². The fourth-order valence-electron chi connectivity index (χ4n) is 3.26. The third kappa shape index (κ3) is 7.81. The molecule has 0 unspecified atom stereocenters. The number of benzene rings is 2. The van der Waals surface area contributed by atoms with Gasteiger partial charge < -0.3 is 19.7 Å². The van der Waals surface area contributed by atoms with Crippen LogP contribution >= 0.6 is 23.2 Å². The molecule has 0 fully saturated rings. The number of ether oxygens (including phenoxy) is 2. The van der Waals surface area contributed by atoms with Crippen LogP contribution in [0.15, 0.2) is 36.4 Å². The molecule has 6 nitrogen and oxygen atoms in total. The van der Waals surface area contributed by atoms with Gasteiger partial charge in [0.2, 0.25) is 0 Å². The van der Waals surface area contributed by atoms with Crippen molar-refractivity contribution in [1.29, 1.82) is 0 Å². The average molecular weight is 511 g/mol. The Morgan fingerprint density at radius 3 is 1.88 bits per heavy atom. The Labute approximate surface area is 210 Å². The van der Waals surface area contributed by atoms with E-state index in [9.17, 15) is 19.8 Å². The van der Waals surface area contributed by atoms with Gasteiger partial charge in [0.25, 0.3) is 0 Å². The molecular formula is C26H32Cl2O6. The first kappa shape index (κ1) is 27.8. The van der Waals surface area contributed by atoms with Gasteiger partial charge in [-0.25, -0.2) is 0 Å². The van der Waals surface area contributed by atoms with Crippen molar-refractivity contribution in [3.05, 3.63) is 46.4 Å². The highest BCUT2D eigenvalue weighted by atomic mass is 35.5. The largest absolute Gasteiger partial charge is 0.494 e. The normalized spacial score (nSPS) is 11.8. The second kappa shape index (κ2) is 11.8. The molecule has 0 aliphatic carbocycles. The zero-order valence-corrected chi connectivity index (χ0v) is 21.5. The molecule has 0 saturated heterocycles. The standard InChI is InChI=1S/C26H32Cl2O6/c1-25(2,23(29)30)11-5-13-33-18-8-10-22(34-14-6-12-26(3,4)24(31)32)20(16-18)19-9-7-17(27)15-21(19)28/h7-10,15-16H,5-6,11-14H2,1-4H3,(H,29,30)(H,31,32). The molecular weight excluding hydrogens is 479 g/mol. The molecule has 0 bridgehead atoms. The summed E-state index contributed by atoms with van der Waals surface area (Å²) >= 11 is 12.5. The molecule has 34 heavy (non-hydrogen) atoms. The van der Waals surface area contributed by atoms with Gasteiger partial charge in [-0.15, -0.1) is 0 Å². The highest BCUT2D eigenvalue weighted by molar-refractivity contribution is 6.36. The summed E-state index contributed by atoms with van der Waals surface area (Å²) in [5.74, 6) is -0.472. The maximum atomic E-state index is 11.3. The highest BCUT2D eigenvalue weighted by Crippen LogP contribution is 2.39. The minimum Gasteiger partial charge on any atom is -0.494 e. The first-order chi connectivity index (χ1) is 15.8. The van der Waals surface area contributed by atoms with Gasteiger partial charge >= 0.3 is 11.9 Å². The summed E-state index contributed by atoms with van der Waals surface area (Å²) in [6, 6.07) is 10.6. The van der Waals surface area contributed by atoms with Crippen molar-refractivity contribution in [2.24, 2.45) is 10.8 Å². The van der Waals surface area contributed by atoms with Crippen LogP contribution in [-0.2, 0) is 9.59 Å².